The SMILES string of the molecule is O=C(Nc1ccc(Cl)cc1)c1ccc(-c2cccc(OC3CCNCC3)c2)s1. The second kappa shape index (κ2) is 8.78. The number of amides is 1. The molecule has 2 aromatic carbocycles. The van der Waals surface area contributed by atoms with E-state index in [0.29, 0.717) is 9.90 Å². The molecule has 3 aromatic rings. The number of piperidine rings is 1. The molecule has 1 amide bonds. The van der Waals surface area contributed by atoms with Crippen molar-refractivity contribution in [2.75, 3.05) is 18.4 Å². The van der Waals surface area contributed by atoms with Crippen LogP contribution in [0.25, 0.3) is 10.4 Å². The highest BCUT2D eigenvalue weighted by molar-refractivity contribution is 7.17. The molecular weight excluding hydrogens is 392 g/mol. The van der Waals surface area contributed by atoms with E-state index in [1.807, 2.05) is 30.3 Å². The lowest BCUT2D eigenvalue weighted by atomic mass is 10.1. The van der Waals surface area contributed by atoms with Crippen LogP contribution in [0, 0.1) is 0 Å². The Balaban J connectivity index is 1.45. The number of benzene rings is 2. The highest BCUT2D eigenvalue weighted by Gasteiger charge is 2.15. The van der Waals surface area contributed by atoms with Crippen LogP contribution in [0.4, 0.5) is 5.69 Å². The van der Waals surface area contributed by atoms with Crippen LogP contribution in [0.1, 0.15) is 22.5 Å². The van der Waals surface area contributed by atoms with Crippen LogP contribution < -0.4 is 15.4 Å². The maximum Gasteiger partial charge on any atom is 0.265 e. The summed E-state index contributed by atoms with van der Waals surface area (Å²) in [5.74, 6) is 0.755. The van der Waals surface area contributed by atoms with Gasteiger partial charge in [-0.2, -0.15) is 0 Å². The molecule has 1 aromatic heterocycles. The van der Waals surface area contributed by atoms with Crippen molar-refractivity contribution >= 4 is 34.5 Å². The molecule has 0 bridgehead atoms. The van der Waals surface area contributed by atoms with Crippen molar-refractivity contribution in [1.82, 2.24) is 5.32 Å². The quantitative estimate of drug-likeness (QED) is 0.585. The number of carbonyl (C=O) groups excluding carboxylic acids is 1. The largest absolute Gasteiger partial charge is 0.490 e. The molecule has 6 heteroatoms. The van der Waals surface area contributed by atoms with Gasteiger partial charge in [-0.15, -0.1) is 11.3 Å². The normalized spacial score (nSPS) is 14.6. The molecule has 4 rings (SSSR count). The molecule has 0 spiro atoms. The highest BCUT2D eigenvalue weighted by Crippen LogP contribution is 2.31. The van der Waals surface area contributed by atoms with E-state index in [0.717, 1.165) is 47.8 Å². The smallest absolute Gasteiger partial charge is 0.265 e. The lowest BCUT2D eigenvalue weighted by Gasteiger charge is -2.24. The second-order valence-corrected chi connectivity index (χ2v) is 8.24. The van der Waals surface area contributed by atoms with Crippen molar-refractivity contribution < 1.29 is 9.53 Å². The zero-order chi connectivity index (χ0) is 19.3. The summed E-state index contributed by atoms with van der Waals surface area (Å²) in [5.41, 5.74) is 1.78. The number of halogens is 1. The number of anilines is 1. The summed E-state index contributed by atoms with van der Waals surface area (Å²) in [6, 6.07) is 19.0. The first kappa shape index (κ1) is 19.0. The van der Waals surface area contributed by atoms with Crippen LogP contribution in [0.3, 0.4) is 0 Å². The highest BCUT2D eigenvalue weighted by atomic mass is 35.5. The van der Waals surface area contributed by atoms with E-state index in [-0.39, 0.29) is 12.0 Å². The van der Waals surface area contributed by atoms with E-state index < -0.39 is 0 Å². The maximum atomic E-state index is 12.5. The van der Waals surface area contributed by atoms with Gasteiger partial charge in [0, 0.05) is 15.6 Å². The molecule has 144 valence electrons. The molecule has 1 aliphatic heterocycles. The van der Waals surface area contributed by atoms with E-state index in [2.05, 4.69) is 16.7 Å². The Bertz CT molecular complexity index is 949. The Hall–Kier alpha value is -2.34. The minimum atomic E-state index is -0.124. The first-order chi connectivity index (χ1) is 13.7. The minimum Gasteiger partial charge on any atom is -0.490 e. The Morgan fingerprint density at radius 1 is 1.07 bits per heavy atom. The lowest BCUT2D eigenvalue weighted by molar-refractivity contribution is 0.103. The summed E-state index contributed by atoms with van der Waals surface area (Å²) in [7, 11) is 0. The monoisotopic (exact) mass is 412 g/mol. The average Bonchev–Trinajstić information content (AvgIpc) is 3.21. The van der Waals surface area contributed by atoms with Gasteiger partial charge in [-0.05, 0) is 80.0 Å². The van der Waals surface area contributed by atoms with E-state index in [9.17, 15) is 4.79 Å². The maximum absolute atomic E-state index is 12.5. The van der Waals surface area contributed by atoms with Crippen molar-refractivity contribution in [2.45, 2.75) is 18.9 Å². The lowest BCUT2D eigenvalue weighted by Crippen LogP contribution is -2.34. The van der Waals surface area contributed by atoms with Crippen LogP contribution in [-0.2, 0) is 0 Å². The van der Waals surface area contributed by atoms with Gasteiger partial charge in [0.05, 0.1) is 4.88 Å². The molecule has 1 saturated heterocycles. The van der Waals surface area contributed by atoms with Crippen LogP contribution in [0.5, 0.6) is 5.75 Å². The van der Waals surface area contributed by atoms with Crippen molar-refractivity contribution in [2.24, 2.45) is 0 Å². The van der Waals surface area contributed by atoms with E-state index >= 15 is 0 Å². The third-order valence-electron chi connectivity index (χ3n) is 4.64. The fraction of sp³-hybridized carbons (Fsp3) is 0.227. The standard InChI is InChI=1S/C22H21ClN2O2S/c23-16-4-6-17(7-5-16)25-22(26)21-9-8-20(28-21)15-2-1-3-19(14-15)27-18-10-12-24-13-11-18/h1-9,14,18,24H,10-13H2,(H,25,26). The number of thiophene rings is 1. The molecule has 28 heavy (non-hydrogen) atoms. The van der Waals surface area contributed by atoms with Gasteiger partial charge in [0.15, 0.2) is 0 Å². The second-order valence-electron chi connectivity index (χ2n) is 6.72. The Kier molecular flexibility index (Phi) is 5.95. The number of hydrogen-bond donors (Lipinski definition) is 2. The molecule has 4 nitrogen and oxygen atoms in total. The molecule has 0 unspecified atom stereocenters. The van der Waals surface area contributed by atoms with Gasteiger partial charge in [0.1, 0.15) is 11.9 Å². The van der Waals surface area contributed by atoms with Crippen molar-refractivity contribution in [3.05, 3.63) is 70.6 Å². The van der Waals surface area contributed by atoms with Crippen molar-refractivity contribution in [1.29, 1.82) is 0 Å². The molecule has 2 N–H and O–H groups in total. The Morgan fingerprint density at radius 3 is 2.64 bits per heavy atom. The molecule has 0 radical (unpaired) electrons. The molecule has 0 aliphatic carbocycles. The third-order valence-corrected chi connectivity index (χ3v) is 6.02. The Labute approximate surface area is 173 Å². The summed E-state index contributed by atoms with van der Waals surface area (Å²) < 4.78 is 6.13. The number of rotatable bonds is 5. The number of carbonyl (C=O) groups is 1. The summed E-state index contributed by atoms with van der Waals surface area (Å²) >= 11 is 7.35. The van der Waals surface area contributed by atoms with Crippen LogP contribution in [-0.4, -0.2) is 25.1 Å². The molecular formula is C22H21ClN2O2S. The number of hydrogen-bond acceptors (Lipinski definition) is 4. The fourth-order valence-corrected chi connectivity index (χ4v) is 4.19. The third kappa shape index (κ3) is 4.73. The summed E-state index contributed by atoms with van der Waals surface area (Å²) in [6.45, 7) is 2.00. The average molecular weight is 413 g/mol. The first-order valence-corrected chi connectivity index (χ1v) is 10.5. The predicted molar refractivity (Wildman–Crippen MR) is 116 cm³/mol. The van der Waals surface area contributed by atoms with Crippen molar-refractivity contribution in [3.8, 4) is 16.2 Å². The van der Waals surface area contributed by atoms with Crippen molar-refractivity contribution in [3.63, 3.8) is 0 Å². The van der Waals surface area contributed by atoms with E-state index in [1.165, 1.54) is 11.3 Å². The summed E-state index contributed by atoms with van der Waals surface area (Å²) in [6.07, 6.45) is 2.32. The van der Waals surface area contributed by atoms with Gasteiger partial charge in [-0.25, -0.2) is 0 Å². The first-order valence-electron chi connectivity index (χ1n) is 9.32. The Morgan fingerprint density at radius 2 is 1.86 bits per heavy atom. The van der Waals surface area contributed by atoms with Gasteiger partial charge in [-0.1, -0.05) is 23.7 Å². The number of nitrogens with one attached hydrogen (secondary N) is 2. The number of ether oxygens (including phenoxy) is 1. The summed E-state index contributed by atoms with van der Waals surface area (Å²) in [5, 5.41) is 6.89. The van der Waals surface area contributed by atoms with Crippen LogP contribution >= 0.6 is 22.9 Å². The molecule has 0 atom stereocenters. The minimum absolute atomic E-state index is 0.124. The van der Waals surface area contributed by atoms with Crippen LogP contribution in [0.15, 0.2) is 60.7 Å². The molecule has 2 heterocycles. The zero-order valence-corrected chi connectivity index (χ0v) is 16.9. The van der Waals surface area contributed by atoms with Gasteiger partial charge in [-0.3, -0.25) is 4.79 Å². The van der Waals surface area contributed by atoms with Gasteiger partial charge < -0.3 is 15.4 Å². The summed E-state index contributed by atoms with van der Waals surface area (Å²) in [4.78, 5) is 14.2. The predicted octanol–water partition coefficient (Wildman–Crippen LogP) is 5.45. The van der Waals surface area contributed by atoms with Gasteiger partial charge >= 0.3 is 0 Å². The fourth-order valence-electron chi connectivity index (χ4n) is 3.17. The topological polar surface area (TPSA) is 50.4 Å². The molecule has 1 aliphatic rings. The van der Waals surface area contributed by atoms with Gasteiger partial charge in [0.2, 0.25) is 0 Å². The van der Waals surface area contributed by atoms with Crippen LogP contribution in [0.2, 0.25) is 5.02 Å². The molecule has 1 fully saturated rings. The van der Waals surface area contributed by atoms with E-state index in [1.54, 1.807) is 24.3 Å². The molecule has 0 saturated carbocycles. The van der Waals surface area contributed by atoms with Gasteiger partial charge in [0.25, 0.3) is 5.91 Å². The van der Waals surface area contributed by atoms with E-state index in [4.69, 9.17) is 16.3 Å². The zero-order valence-electron chi connectivity index (χ0n) is 15.3.